The maximum Gasteiger partial charge on any atom is 0.270 e. The largest absolute Gasteiger partial charge is 0.339 e. The van der Waals surface area contributed by atoms with E-state index in [1.807, 2.05) is 24.3 Å². The van der Waals surface area contributed by atoms with Crippen LogP contribution in [-0.2, 0) is 11.3 Å². The van der Waals surface area contributed by atoms with E-state index in [0.717, 1.165) is 18.4 Å². The molecule has 1 atom stereocenters. The summed E-state index contributed by atoms with van der Waals surface area (Å²) in [5.74, 6) is -0.357. The lowest BCUT2D eigenvalue weighted by Gasteiger charge is -2.25. The van der Waals surface area contributed by atoms with Gasteiger partial charge >= 0.3 is 0 Å². The van der Waals surface area contributed by atoms with Crippen LogP contribution in [0.1, 0.15) is 35.3 Å². The van der Waals surface area contributed by atoms with E-state index in [1.165, 1.54) is 0 Å². The number of pyridine rings is 1. The van der Waals surface area contributed by atoms with Crippen molar-refractivity contribution >= 4 is 23.4 Å². The van der Waals surface area contributed by atoms with E-state index in [9.17, 15) is 9.59 Å². The van der Waals surface area contributed by atoms with Crippen LogP contribution in [0.5, 0.6) is 0 Å². The Labute approximate surface area is 152 Å². The van der Waals surface area contributed by atoms with Gasteiger partial charge < -0.3 is 10.2 Å². The van der Waals surface area contributed by atoms with E-state index in [-0.39, 0.29) is 11.8 Å². The van der Waals surface area contributed by atoms with Crippen molar-refractivity contribution in [1.82, 2.24) is 15.2 Å². The highest BCUT2D eigenvalue weighted by Gasteiger charge is 2.28. The first kappa shape index (κ1) is 17.4. The van der Waals surface area contributed by atoms with Crippen LogP contribution in [0.3, 0.4) is 0 Å². The maximum atomic E-state index is 12.8. The van der Waals surface area contributed by atoms with Crippen molar-refractivity contribution in [2.75, 3.05) is 6.54 Å². The first-order valence-electron chi connectivity index (χ1n) is 8.38. The van der Waals surface area contributed by atoms with Gasteiger partial charge in [0.15, 0.2) is 0 Å². The molecule has 3 rings (SSSR count). The van der Waals surface area contributed by atoms with E-state index in [1.54, 1.807) is 29.3 Å². The lowest BCUT2D eigenvalue weighted by atomic mass is 10.1. The van der Waals surface area contributed by atoms with E-state index in [0.29, 0.717) is 30.2 Å². The summed E-state index contributed by atoms with van der Waals surface area (Å²) in [5.41, 5.74) is 1.35. The SMILES string of the molecule is O=C(NC1CCCCN(Cc2ccc(Cl)cc2)C1=O)c1ccccn1. The molecule has 130 valence electrons. The summed E-state index contributed by atoms with van der Waals surface area (Å²) >= 11 is 5.91. The molecule has 0 saturated carbocycles. The molecule has 2 aromatic rings. The summed E-state index contributed by atoms with van der Waals surface area (Å²) in [6.45, 7) is 1.21. The van der Waals surface area contributed by atoms with Gasteiger partial charge in [-0.05, 0) is 49.1 Å². The van der Waals surface area contributed by atoms with Crippen LogP contribution in [-0.4, -0.2) is 34.3 Å². The third-order valence-corrected chi connectivity index (χ3v) is 4.52. The molecule has 6 heteroatoms. The van der Waals surface area contributed by atoms with Crippen LogP contribution in [0.2, 0.25) is 5.02 Å². The molecule has 5 nitrogen and oxygen atoms in total. The second-order valence-electron chi connectivity index (χ2n) is 6.12. The Hall–Kier alpha value is -2.40. The summed E-state index contributed by atoms with van der Waals surface area (Å²) in [7, 11) is 0. The molecule has 2 heterocycles. The number of nitrogens with one attached hydrogen (secondary N) is 1. The third-order valence-electron chi connectivity index (χ3n) is 4.27. The fraction of sp³-hybridized carbons (Fsp3) is 0.316. The molecule has 2 amide bonds. The molecule has 1 N–H and O–H groups in total. The lowest BCUT2D eigenvalue weighted by Crippen LogP contribution is -2.47. The number of aromatic nitrogens is 1. The second kappa shape index (κ2) is 8.12. The van der Waals surface area contributed by atoms with Gasteiger partial charge in [-0.1, -0.05) is 29.8 Å². The highest BCUT2D eigenvalue weighted by molar-refractivity contribution is 6.30. The zero-order chi connectivity index (χ0) is 17.6. The molecule has 1 aliphatic heterocycles. The van der Waals surface area contributed by atoms with E-state index in [2.05, 4.69) is 10.3 Å². The Bertz CT molecular complexity index is 734. The number of hydrogen-bond donors (Lipinski definition) is 1. The average molecular weight is 358 g/mol. The molecule has 25 heavy (non-hydrogen) atoms. The summed E-state index contributed by atoms with van der Waals surface area (Å²) in [6.07, 6.45) is 4.04. The van der Waals surface area contributed by atoms with Gasteiger partial charge in [0.1, 0.15) is 11.7 Å². The molecular weight excluding hydrogens is 338 g/mol. The molecule has 0 spiro atoms. The first-order chi connectivity index (χ1) is 12.1. The summed E-state index contributed by atoms with van der Waals surface area (Å²) < 4.78 is 0. The number of hydrogen-bond acceptors (Lipinski definition) is 3. The molecule has 1 aromatic carbocycles. The minimum absolute atomic E-state index is 0.0447. The van der Waals surface area contributed by atoms with Crippen molar-refractivity contribution in [3.8, 4) is 0 Å². The van der Waals surface area contributed by atoms with E-state index in [4.69, 9.17) is 11.6 Å². The minimum Gasteiger partial charge on any atom is -0.339 e. The molecule has 1 unspecified atom stereocenters. The van der Waals surface area contributed by atoms with Crippen LogP contribution >= 0.6 is 11.6 Å². The van der Waals surface area contributed by atoms with Crippen molar-refractivity contribution in [2.45, 2.75) is 31.8 Å². The van der Waals surface area contributed by atoms with Gasteiger partial charge in [-0.15, -0.1) is 0 Å². The fourth-order valence-electron chi connectivity index (χ4n) is 2.94. The molecule has 1 aromatic heterocycles. The predicted molar refractivity (Wildman–Crippen MR) is 96.2 cm³/mol. The monoisotopic (exact) mass is 357 g/mol. The summed E-state index contributed by atoms with van der Waals surface area (Å²) in [5, 5.41) is 3.51. The molecule has 1 aliphatic rings. The van der Waals surface area contributed by atoms with Gasteiger partial charge in [0, 0.05) is 24.3 Å². The number of nitrogens with zero attached hydrogens (tertiary/aromatic N) is 2. The highest BCUT2D eigenvalue weighted by Crippen LogP contribution is 2.17. The van der Waals surface area contributed by atoms with Crippen molar-refractivity contribution in [3.63, 3.8) is 0 Å². The van der Waals surface area contributed by atoms with Crippen LogP contribution in [0.15, 0.2) is 48.7 Å². The Balaban J connectivity index is 1.68. The Morgan fingerprint density at radius 1 is 1.20 bits per heavy atom. The van der Waals surface area contributed by atoms with E-state index < -0.39 is 6.04 Å². The smallest absolute Gasteiger partial charge is 0.270 e. The maximum absolute atomic E-state index is 12.8. The van der Waals surface area contributed by atoms with Gasteiger partial charge in [-0.25, -0.2) is 0 Å². The molecule has 1 saturated heterocycles. The van der Waals surface area contributed by atoms with Crippen LogP contribution < -0.4 is 5.32 Å². The van der Waals surface area contributed by atoms with Crippen molar-refractivity contribution in [1.29, 1.82) is 0 Å². The Morgan fingerprint density at radius 2 is 2.00 bits per heavy atom. The highest BCUT2D eigenvalue weighted by atomic mass is 35.5. The molecule has 1 fully saturated rings. The number of amides is 2. The molecule has 0 aliphatic carbocycles. The number of likely N-dealkylation sites (tertiary alicyclic amines) is 1. The minimum atomic E-state index is -0.510. The summed E-state index contributed by atoms with van der Waals surface area (Å²) in [6, 6.07) is 12.1. The molecule has 0 bridgehead atoms. The summed E-state index contributed by atoms with van der Waals surface area (Å²) in [4.78, 5) is 31.0. The quantitative estimate of drug-likeness (QED) is 0.914. The normalized spacial score (nSPS) is 17.9. The predicted octanol–water partition coefficient (Wildman–Crippen LogP) is 3.05. The molecule has 0 radical (unpaired) electrons. The van der Waals surface area contributed by atoms with Crippen LogP contribution in [0, 0.1) is 0 Å². The van der Waals surface area contributed by atoms with Gasteiger partial charge in [-0.3, -0.25) is 14.6 Å². The first-order valence-corrected chi connectivity index (χ1v) is 8.76. The van der Waals surface area contributed by atoms with Gasteiger partial charge in [0.25, 0.3) is 5.91 Å². The lowest BCUT2D eigenvalue weighted by molar-refractivity contribution is -0.133. The molecular formula is C19H20ClN3O2. The van der Waals surface area contributed by atoms with Crippen molar-refractivity contribution in [2.24, 2.45) is 0 Å². The average Bonchev–Trinajstić information content (AvgIpc) is 2.80. The third kappa shape index (κ3) is 4.57. The van der Waals surface area contributed by atoms with Crippen molar-refractivity contribution < 1.29 is 9.59 Å². The number of benzene rings is 1. The number of carbonyl (C=O) groups is 2. The zero-order valence-electron chi connectivity index (χ0n) is 13.8. The number of halogens is 1. The van der Waals surface area contributed by atoms with E-state index >= 15 is 0 Å². The van der Waals surface area contributed by atoms with Crippen LogP contribution in [0.25, 0.3) is 0 Å². The number of rotatable bonds is 4. The van der Waals surface area contributed by atoms with Gasteiger partial charge in [0.05, 0.1) is 0 Å². The Kier molecular flexibility index (Phi) is 5.66. The topological polar surface area (TPSA) is 62.3 Å². The second-order valence-corrected chi connectivity index (χ2v) is 6.56. The standard InChI is InChI=1S/C19H20ClN3O2/c20-15-9-7-14(8-10-15)13-23-12-4-2-6-17(19(23)25)22-18(24)16-5-1-3-11-21-16/h1,3,5,7-11,17H,2,4,6,12-13H2,(H,22,24). The van der Waals surface area contributed by atoms with Crippen LogP contribution in [0.4, 0.5) is 0 Å². The van der Waals surface area contributed by atoms with Gasteiger partial charge in [-0.2, -0.15) is 0 Å². The zero-order valence-corrected chi connectivity index (χ0v) is 14.6. The Morgan fingerprint density at radius 3 is 2.72 bits per heavy atom. The number of carbonyl (C=O) groups excluding carboxylic acids is 2. The fourth-order valence-corrected chi connectivity index (χ4v) is 3.06. The van der Waals surface area contributed by atoms with Crippen molar-refractivity contribution in [3.05, 3.63) is 64.9 Å². The van der Waals surface area contributed by atoms with Gasteiger partial charge in [0.2, 0.25) is 5.91 Å².